The number of carbonyl (C=O) groups is 2. The van der Waals surface area contributed by atoms with Crippen LogP contribution in [0.4, 0.5) is 5.13 Å². The maximum atomic E-state index is 13.1. The molecule has 0 bridgehead atoms. The van der Waals surface area contributed by atoms with Crippen LogP contribution in [0, 0.1) is 5.92 Å². The SMILES string of the molecule is COc1ccc2cc(C(=O)[C@H]3CCCN(c4nc(C(N)=O)cs4)C3)ccc2c1. The van der Waals surface area contributed by atoms with Crippen LogP contribution in [0.1, 0.15) is 33.7 Å². The van der Waals surface area contributed by atoms with Gasteiger partial charge in [0.2, 0.25) is 0 Å². The molecule has 0 spiro atoms. The number of benzene rings is 2. The van der Waals surface area contributed by atoms with E-state index in [0.717, 1.165) is 46.6 Å². The van der Waals surface area contributed by atoms with Crippen molar-refractivity contribution >= 4 is 38.9 Å². The highest BCUT2D eigenvalue weighted by Gasteiger charge is 2.28. The number of aromatic nitrogens is 1. The summed E-state index contributed by atoms with van der Waals surface area (Å²) < 4.78 is 5.26. The first-order valence-electron chi connectivity index (χ1n) is 9.17. The number of nitrogens with zero attached hydrogens (tertiary/aromatic N) is 2. The normalized spacial score (nSPS) is 16.9. The summed E-state index contributed by atoms with van der Waals surface area (Å²) in [5.74, 6) is 0.327. The number of rotatable bonds is 5. The minimum absolute atomic E-state index is 0.0922. The van der Waals surface area contributed by atoms with Crippen molar-refractivity contribution in [3.05, 3.63) is 53.0 Å². The number of fused-ring (bicyclic) bond motifs is 1. The van der Waals surface area contributed by atoms with E-state index in [1.807, 2.05) is 36.4 Å². The molecule has 1 atom stereocenters. The number of amides is 1. The number of carbonyl (C=O) groups excluding carboxylic acids is 2. The van der Waals surface area contributed by atoms with Crippen LogP contribution in [0.5, 0.6) is 5.75 Å². The number of hydrogen-bond acceptors (Lipinski definition) is 6. The first kappa shape index (κ1) is 18.4. The van der Waals surface area contributed by atoms with Crippen molar-refractivity contribution in [3.8, 4) is 5.75 Å². The van der Waals surface area contributed by atoms with E-state index < -0.39 is 5.91 Å². The molecule has 144 valence electrons. The molecular formula is C21H21N3O3S. The second kappa shape index (κ2) is 7.59. The fourth-order valence-corrected chi connectivity index (χ4v) is 4.48. The van der Waals surface area contributed by atoms with Crippen molar-refractivity contribution in [1.82, 2.24) is 4.98 Å². The number of methoxy groups -OCH3 is 1. The van der Waals surface area contributed by atoms with E-state index in [0.29, 0.717) is 6.54 Å². The lowest BCUT2D eigenvalue weighted by molar-refractivity contribution is 0.0906. The minimum Gasteiger partial charge on any atom is -0.497 e. The second-order valence-corrected chi connectivity index (χ2v) is 7.79. The van der Waals surface area contributed by atoms with E-state index in [2.05, 4.69) is 9.88 Å². The lowest BCUT2D eigenvalue weighted by atomic mass is 9.89. The summed E-state index contributed by atoms with van der Waals surface area (Å²) in [7, 11) is 1.64. The summed E-state index contributed by atoms with van der Waals surface area (Å²) in [6.45, 7) is 1.43. The average Bonchev–Trinajstić information content (AvgIpc) is 3.23. The van der Waals surface area contributed by atoms with Gasteiger partial charge in [0.05, 0.1) is 7.11 Å². The molecule has 1 aromatic heterocycles. The zero-order valence-electron chi connectivity index (χ0n) is 15.6. The van der Waals surface area contributed by atoms with Crippen LogP contribution in [0.25, 0.3) is 10.8 Å². The van der Waals surface area contributed by atoms with Crippen LogP contribution in [0.3, 0.4) is 0 Å². The van der Waals surface area contributed by atoms with E-state index in [9.17, 15) is 9.59 Å². The molecule has 0 unspecified atom stereocenters. The third-order valence-corrected chi connectivity index (χ3v) is 6.04. The number of piperidine rings is 1. The highest BCUT2D eigenvalue weighted by Crippen LogP contribution is 2.29. The molecule has 6 nitrogen and oxygen atoms in total. The molecular weight excluding hydrogens is 374 g/mol. The van der Waals surface area contributed by atoms with Gasteiger partial charge in [-0.1, -0.05) is 18.2 Å². The topological polar surface area (TPSA) is 85.5 Å². The highest BCUT2D eigenvalue weighted by atomic mass is 32.1. The van der Waals surface area contributed by atoms with Gasteiger partial charge in [0, 0.05) is 30.0 Å². The molecule has 1 fully saturated rings. The Morgan fingerprint density at radius 2 is 2.00 bits per heavy atom. The zero-order chi connectivity index (χ0) is 19.7. The number of ketones is 1. The quantitative estimate of drug-likeness (QED) is 0.668. The standard InChI is InChI=1S/C21H21N3O3S/c1-27-17-7-6-13-9-15(5-4-14(13)10-17)19(25)16-3-2-8-24(11-16)21-23-18(12-28-21)20(22)26/h4-7,9-10,12,16H,2-3,8,11H2,1H3,(H2,22,26)/t16-/m0/s1. The van der Waals surface area contributed by atoms with Crippen molar-refractivity contribution in [2.75, 3.05) is 25.1 Å². The smallest absolute Gasteiger partial charge is 0.268 e. The summed E-state index contributed by atoms with van der Waals surface area (Å²) >= 11 is 1.39. The van der Waals surface area contributed by atoms with E-state index in [1.165, 1.54) is 11.3 Å². The Kier molecular flexibility index (Phi) is 5.00. The number of nitrogens with two attached hydrogens (primary N) is 1. The molecule has 1 aliphatic heterocycles. The maximum absolute atomic E-state index is 13.1. The number of primary amides is 1. The molecule has 3 aromatic rings. The van der Waals surface area contributed by atoms with Crippen molar-refractivity contribution in [3.63, 3.8) is 0 Å². The predicted molar refractivity (Wildman–Crippen MR) is 110 cm³/mol. The average molecular weight is 395 g/mol. The molecule has 2 heterocycles. The summed E-state index contributed by atoms with van der Waals surface area (Å²) in [5.41, 5.74) is 6.30. The maximum Gasteiger partial charge on any atom is 0.268 e. The van der Waals surface area contributed by atoms with Gasteiger partial charge in [0.1, 0.15) is 11.4 Å². The molecule has 0 saturated carbocycles. The lowest BCUT2D eigenvalue weighted by Crippen LogP contribution is -2.38. The Balaban J connectivity index is 1.53. The van der Waals surface area contributed by atoms with Crippen LogP contribution in [-0.4, -0.2) is 36.9 Å². The molecule has 4 rings (SSSR count). The Morgan fingerprint density at radius 1 is 1.21 bits per heavy atom. The van der Waals surface area contributed by atoms with E-state index in [-0.39, 0.29) is 17.4 Å². The first-order valence-corrected chi connectivity index (χ1v) is 10.1. The lowest BCUT2D eigenvalue weighted by Gasteiger charge is -2.31. The van der Waals surface area contributed by atoms with E-state index >= 15 is 0 Å². The highest BCUT2D eigenvalue weighted by molar-refractivity contribution is 7.13. The number of anilines is 1. The van der Waals surface area contributed by atoms with Crippen LogP contribution in [0.15, 0.2) is 41.8 Å². The van der Waals surface area contributed by atoms with Gasteiger partial charge in [-0.2, -0.15) is 0 Å². The van der Waals surface area contributed by atoms with Gasteiger partial charge < -0.3 is 15.4 Å². The Hall–Kier alpha value is -2.93. The summed E-state index contributed by atoms with van der Waals surface area (Å²) in [6.07, 6.45) is 1.76. The van der Waals surface area contributed by atoms with Gasteiger partial charge in [-0.3, -0.25) is 9.59 Å². The van der Waals surface area contributed by atoms with Gasteiger partial charge in [-0.15, -0.1) is 11.3 Å². The fraction of sp³-hybridized carbons (Fsp3) is 0.286. The van der Waals surface area contributed by atoms with Gasteiger partial charge in [-0.25, -0.2) is 4.98 Å². The fourth-order valence-electron chi connectivity index (χ4n) is 3.63. The molecule has 2 aromatic carbocycles. The van der Waals surface area contributed by atoms with Gasteiger partial charge in [-0.05, 0) is 41.8 Å². The van der Waals surface area contributed by atoms with Crippen LogP contribution in [-0.2, 0) is 0 Å². The summed E-state index contributed by atoms with van der Waals surface area (Å²) in [4.78, 5) is 30.8. The molecule has 28 heavy (non-hydrogen) atoms. The van der Waals surface area contributed by atoms with Crippen LogP contribution >= 0.6 is 11.3 Å². The van der Waals surface area contributed by atoms with Crippen molar-refractivity contribution in [1.29, 1.82) is 0 Å². The number of ether oxygens (including phenoxy) is 1. The molecule has 2 N–H and O–H groups in total. The van der Waals surface area contributed by atoms with Crippen molar-refractivity contribution in [2.45, 2.75) is 12.8 Å². The third kappa shape index (κ3) is 3.57. The van der Waals surface area contributed by atoms with E-state index in [4.69, 9.17) is 10.5 Å². The molecule has 7 heteroatoms. The minimum atomic E-state index is -0.528. The monoisotopic (exact) mass is 395 g/mol. The largest absolute Gasteiger partial charge is 0.497 e. The molecule has 0 radical (unpaired) electrons. The zero-order valence-corrected chi connectivity index (χ0v) is 16.4. The number of Topliss-reactive ketones (excluding diaryl/α,β-unsaturated/α-hetero) is 1. The van der Waals surface area contributed by atoms with E-state index in [1.54, 1.807) is 12.5 Å². The van der Waals surface area contributed by atoms with Gasteiger partial charge in [0.15, 0.2) is 10.9 Å². The Labute approximate surface area is 166 Å². The van der Waals surface area contributed by atoms with Crippen LogP contribution in [0.2, 0.25) is 0 Å². The van der Waals surface area contributed by atoms with Crippen LogP contribution < -0.4 is 15.4 Å². The summed E-state index contributed by atoms with van der Waals surface area (Å²) in [6, 6.07) is 11.6. The number of hydrogen-bond donors (Lipinski definition) is 1. The predicted octanol–water partition coefficient (Wildman–Crippen LogP) is 3.50. The number of thiazole rings is 1. The second-order valence-electron chi connectivity index (χ2n) is 6.96. The Bertz CT molecular complexity index is 1050. The van der Waals surface area contributed by atoms with Gasteiger partial charge in [0.25, 0.3) is 5.91 Å². The molecule has 1 amide bonds. The van der Waals surface area contributed by atoms with Crippen molar-refractivity contribution in [2.24, 2.45) is 11.7 Å². The molecule has 0 aliphatic carbocycles. The third-order valence-electron chi connectivity index (χ3n) is 5.14. The molecule has 1 aliphatic rings. The van der Waals surface area contributed by atoms with Gasteiger partial charge >= 0.3 is 0 Å². The molecule has 1 saturated heterocycles. The first-order chi connectivity index (χ1) is 13.5. The Morgan fingerprint density at radius 3 is 2.75 bits per heavy atom. The summed E-state index contributed by atoms with van der Waals surface area (Å²) in [5, 5.41) is 4.48. The van der Waals surface area contributed by atoms with Crippen molar-refractivity contribution < 1.29 is 14.3 Å².